The van der Waals surface area contributed by atoms with E-state index in [0.717, 1.165) is 19.3 Å². The number of allylic oxidation sites excluding steroid dienone is 5. The lowest BCUT2D eigenvalue weighted by Gasteiger charge is -2.07. The van der Waals surface area contributed by atoms with Gasteiger partial charge in [0.15, 0.2) is 0 Å². The van der Waals surface area contributed by atoms with Crippen LogP contribution in [0.25, 0.3) is 0 Å². The van der Waals surface area contributed by atoms with E-state index in [2.05, 4.69) is 24.4 Å². The fraction of sp³-hybridized carbons (Fsp3) is 0.500. The molecule has 0 saturated heterocycles. The van der Waals surface area contributed by atoms with Gasteiger partial charge in [-0.15, -0.1) is 0 Å². The van der Waals surface area contributed by atoms with E-state index in [1.807, 2.05) is 26.0 Å². The van der Waals surface area contributed by atoms with E-state index in [1.165, 1.54) is 0 Å². The van der Waals surface area contributed by atoms with Crippen LogP contribution in [0.3, 0.4) is 0 Å². The van der Waals surface area contributed by atoms with Crippen LogP contribution in [0.4, 0.5) is 0 Å². The van der Waals surface area contributed by atoms with E-state index in [1.54, 1.807) is 12.2 Å². The number of carbonyl (C=O) groups is 1. The van der Waals surface area contributed by atoms with Crippen molar-refractivity contribution in [2.24, 2.45) is 0 Å². The molecule has 0 aliphatic carbocycles. The average Bonchev–Trinajstić information content (AvgIpc) is 2.27. The van der Waals surface area contributed by atoms with Crippen LogP contribution in [0, 0.1) is 0 Å². The molecule has 0 aromatic carbocycles. The quantitative estimate of drug-likeness (QED) is 0.304. The van der Waals surface area contributed by atoms with Gasteiger partial charge in [0.05, 0.1) is 0 Å². The Bertz CT molecular complexity index is 264. The molecule has 2 nitrogen and oxygen atoms in total. The lowest BCUT2D eigenvalue weighted by Crippen LogP contribution is -2.30. The minimum absolute atomic E-state index is 0.0209. The molecule has 0 aliphatic rings. The molecule has 2 heteroatoms. The SMILES string of the molecule is CC=CCCC=CC=CC(=O)NC(C)CC. The highest BCUT2D eigenvalue weighted by molar-refractivity contribution is 5.87. The summed E-state index contributed by atoms with van der Waals surface area (Å²) in [6.45, 7) is 6.07. The van der Waals surface area contributed by atoms with Crippen LogP contribution in [-0.4, -0.2) is 11.9 Å². The van der Waals surface area contributed by atoms with Gasteiger partial charge in [0.2, 0.25) is 5.91 Å². The molecule has 1 N–H and O–H groups in total. The van der Waals surface area contributed by atoms with Crippen molar-refractivity contribution in [2.75, 3.05) is 0 Å². The molecule has 0 radical (unpaired) electrons. The smallest absolute Gasteiger partial charge is 0.244 e. The first-order valence-electron chi connectivity index (χ1n) is 5.95. The Balaban J connectivity index is 3.70. The zero-order valence-electron chi connectivity index (χ0n) is 10.6. The minimum Gasteiger partial charge on any atom is -0.350 e. The molecule has 0 aromatic heterocycles. The molecule has 0 saturated carbocycles. The highest BCUT2D eigenvalue weighted by Gasteiger charge is 1.99. The maximum atomic E-state index is 11.3. The summed E-state index contributed by atoms with van der Waals surface area (Å²) in [5.41, 5.74) is 0. The van der Waals surface area contributed by atoms with Gasteiger partial charge < -0.3 is 5.32 Å². The van der Waals surface area contributed by atoms with Gasteiger partial charge in [0, 0.05) is 12.1 Å². The highest BCUT2D eigenvalue weighted by Crippen LogP contribution is 1.93. The molecule has 16 heavy (non-hydrogen) atoms. The van der Waals surface area contributed by atoms with E-state index in [-0.39, 0.29) is 11.9 Å². The first kappa shape index (κ1) is 14.7. The summed E-state index contributed by atoms with van der Waals surface area (Å²) in [7, 11) is 0. The molecular weight excluding hydrogens is 198 g/mol. The third-order valence-electron chi connectivity index (χ3n) is 2.23. The number of nitrogens with one attached hydrogen (secondary N) is 1. The molecule has 0 heterocycles. The van der Waals surface area contributed by atoms with Crippen molar-refractivity contribution in [3.8, 4) is 0 Å². The summed E-state index contributed by atoms with van der Waals surface area (Å²) in [6.07, 6.45) is 14.5. The van der Waals surface area contributed by atoms with Crippen LogP contribution in [-0.2, 0) is 4.79 Å². The molecule has 1 atom stereocenters. The second kappa shape index (κ2) is 10.2. The Hall–Kier alpha value is -1.31. The molecule has 0 fully saturated rings. The van der Waals surface area contributed by atoms with E-state index < -0.39 is 0 Å². The third-order valence-corrected chi connectivity index (χ3v) is 2.23. The number of unbranched alkanes of at least 4 members (excludes halogenated alkanes) is 1. The van der Waals surface area contributed by atoms with Crippen LogP contribution in [0.5, 0.6) is 0 Å². The fourth-order valence-electron chi connectivity index (χ4n) is 1.07. The zero-order chi connectivity index (χ0) is 12.2. The molecule has 1 amide bonds. The molecule has 0 rings (SSSR count). The first-order chi connectivity index (χ1) is 7.70. The topological polar surface area (TPSA) is 29.1 Å². The highest BCUT2D eigenvalue weighted by atomic mass is 16.1. The monoisotopic (exact) mass is 221 g/mol. The number of hydrogen-bond acceptors (Lipinski definition) is 1. The second-order valence-electron chi connectivity index (χ2n) is 3.75. The van der Waals surface area contributed by atoms with Gasteiger partial charge in [-0.2, -0.15) is 0 Å². The molecule has 0 bridgehead atoms. The van der Waals surface area contributed by atoms with Crippen molar-refractivity contribution < 1.29 is 4.79 Å². The Morgan fingerprint density at radius 2 is 1.94 bits per heavy atom. The molecular formula is C14H23NO. The third kappa shape index (κ3) is 9.25. The van der Waals surface area contributed by atoms with Gasteiger partial charge in [-0.3, -0.25) is 4.79 Å². The molecule has 1 unspecified atom stereocenters. The summed E-state index contributed by atoms with van der Waals surface area (Å²) >= 11 is 0. The van der Waals surface area contributed by atoms with Crippen LogP contribution in [0.1, 0.15) is 40.0 Å². The van der Waals surface area contributed by atoms with E-state index >= 15 is 0 Å². The van der Waals surface area contributed by atoms with Crippen molar-refractivity contribution >= 4 is 5.91 Å². The molecule has 0 aromatic rings. The molecule has 90 valence electrons. The van der Waals surface area contributed by atoms with Crippen LogP contribution in [0.15, 0.2) is 36.5 Å². The van der Waals surface area contributed by atoms with Crippen molar-refractivity contribution in [1.29, 1.82) is 0 Å². The predicted molar refractivity (Wildman–Crippen MR) is 70.2 cm³/mol. The average molecular weight is 221 g/mol. The van der Waals surface area contributed by atoms with E-state index in [0.29, 0.717) is 0 Å². The zero-order valence-corrected chi connectivity index (χ0v) is 10.6. The Kier molecular flexibility index (Phi) is 9.38. The number of hydrogen-bond donors (Lipinski definition) is 1. The van der Waals surface area contributed by atoms with Crippen molar-refractivity contribution in [2.45, 2.75) is 46.1 Å². The summed E-state index contributed by atoms with van der Waals surface area (Å²) in [6, 6.07) is 0.246. The Morgan fingerprint density at radius 3 is 2.56 bits per heavy atom. The van der Waals surface area contributed by atoms with Gasteiger partial charge in [0.25, 0.3) is 0 Å². The normalized spacial score (nSPS) is 13.9. The lowest BCUT2D eigenvalue weighted by atomic mass is 10.2. The summed E-state index contributed by atoms with van der Waals surface area (Å²) in [5.74, 6) is -0.0209. The Labute approximate surface area is 99.1 Å². The molecule has 0 aliphatic heterocycles. The van der Waals surface area contributed by atoms with E-state index in [9.17, 15) is 4.79 Å². The minimum atomic E-state index is -0.0209. The summed E-state index contributed by atoms with van der Waals surface area (Å²) in [4.78, 5) is 11.3. The van der Waals surface area contributed by atoms with Crippen molar-refractivity contribution in [3.05, 3.63) is 36.5 Å². The maximum absolute atomic E-state index is 11.3. The number of amides is 1. The largest absolute Gasteiger partial charge is 0.350 e. The standard InChI is InChI=1S/C14H23NO/c1-4-6-7-8-9-10-11-12-14(16)15-13(3)5-2/h4,6,9-13H,5,7-8H2,1-3H3,(H,15,16). The van der Waals surface area contributed by atoms with Gasteiger partial charge >= 0.3 is 0 Å². The second-order valence-corrected chi connectivity index (χ2v) is 3.75. The van der Waals surface area contributed by atoms with Crippen LogP contribution in [0.2, 0.25) is 0 Å². The number of rotatable bonds is 7. The molecule has 0 spiro atoms. The van der Waals surface area contributed by atoms with E-state index in [4.69, 9.17) is 0 Å². The van der Waals surface area contributed by atoms with Gasteiger partial charge in [-0.05, 0) is 33.1 Å². The van der Waals surface area contributed by atoms with Crippen molar-refractivity contribution in [1.82, 2.24) is 5.32 Å². The van der Waals surface area contributed by atoms with Crippen molar-refractivity contribution in [3.63, 3.8) is 0 Å². The first-order valence-corrected chi connectivity index (χ1v) is 5.95. The predicted octanol–water partition coefficient (Wildman–Crippen LogP) is 3.37. The van der Waals surface area contributed by atoms with Crippen LogP contribution < -0.4 is 5.32 Å². The van der Waals surface area contributed by atoms with Crippen LogP contribution >= 0.6 is 0 Å². The van der Waals surface area contributed by atoms with Gasteiger partial charge in [-0.1, -0.05) is 37.3 Å². The van der Waals surface area contributed by atoms with Gasteiger partial charge in [0.1, 0.15) is 0 Å². The number of carbonyl (C=O) groups excluding carboxylic acids is 1. The Morgan fingerprint density at radius 1 is 1.25 bits per heavy atom. The maximum Gasteiger partial charge on any atom is 0.244 e. The lowest BCUT2D eigenvalue weighted by molar-refractivity contribution is -0.117. The summed E-state index contributed by atoms with van der Waals surface area (Å²) < 4.78 is 0. The fourth-order valence-corrected chi connectivity index (χ4v) is 1.07. The summed E-state index contributed by atoms with van der Waals surface area (Å²) in [5, 5.41) is 2.87. The van der Waals surface area contributed by atoms with Gasteiger partial charge in [-0.25, -0.2) is 0 Å².